The molecule has 2 amide bonds. The van der Waals surface area contributed by atoms with Crippen LogP contribution in [-0.4, -0.2) is 26.3 Å². The van der Waals surface area contributed by atoms with Crippen molar-refractivity contribution in [1.29, 1.82) is 0 Å². The highest BCUT2D eigenvalue weighted by molar-refractivity contribution is 8.18. The number of amides is 2. The SMILES string of the molecule is O=C1SC(=Cc2ccc(O)c(O)c2)C(=O)N1Cc1ccc(C=Cc2cc(C(F)(F)F)cc(C(F)(F)F)c2)cc1. The number of benzene rings is 3. The van der Waals surface area contributed by atoms with Gasteiger partial charge in [0.15, 0.2) is 11.5 Å². The number of halogens is 6. The van der Waals surface area contributed by atoms with Crippen LogP contribution in [0.25, 0.3) is 18.2 Å². The molecule has 1 heterocycles. The topological polar surface area (TPSA) is 77.8 Å². The summed E-state index contributed by atoms with van der Waals surface area (Å²) in [7, 11) is 0. The number of aromatic hydroxyl groups is 2. The number of hydrogen-bond acceptors (Lipinski definition) is 5. The quantitative estimate of drug-likeness (QED) is 0.145. The lowest BCUT2D eigenvalue weighted by molar-refractivity contribution is -0.143. The van der Waals surface area contributed by atoms with E-state index in [1.165, 1.54) is 42.5 Å². The Labute approximate surface area is 221 Å². The molecule has 4 rings (SSSR count). The second-order valence-electron chi connectivity index (χ2n) is 8.43. The summed E-state index contributed by atoms with van der Waals surface area (Å²) in [5, 5.41) is 18.5. The van der Waals surface area contributed by atoms with Gasteiger partial charge in [0.05, 0.1) is 22.6 Å². The number of phenolic OH excluding ortho intramolecular Hbond substituents is 2. The van der Waals surface area contributed by atoms with Gasteiger partial charge in [-0.25, -0.2) is 0 Å². The summed E-state index contributed by atoms with van der Waals surface area (Å²) in [5.74, 6) is -1.28. The van der Waals surface area contributed by atoms with Crippen molar-refractivity contribution in [2.75, 3.05) is 0 Å². The van der Waals surface area contributed by atoms with Gasteiger partial charge in [-0.3, -0.25) is 14.5 Å². The average Bonchev–Trinajstić information content (AvgIpc) is 3.12. The lowest BCUT2D eigenvalue weighted by atomic mass is 10.0. The Morgan fingerprint density at radius 3 is 1.85 bits per heavy atom. The second kappa shape index (κ2) is 10.5. The fourth-order valence-corrected chi connectivity index (χ4v) is 4.44. The number of imide groups is 1. The van der Waals surface area contributed by atoms with Crippen molar-refractivity contribution < 1.29 is 46.1 Å². The maximum atomic E-state index is 13.1. The molecule has 0 unspecified atom stereocenters. The molecule has 1 saturated heterocycles. The number of nitrogens with zero attached hydrogens (tertiary/aromatic N) is 1. The molecular weight excluding hydrogens is 548 g/mol. The zero-order chi connectivity index (χ0) is 28.5. The van der Waals surface area contributed by atoms with Crippen molar-refractivity contribution in [3.05, 3.63) is 98.9 Å². The number of phenols is 2. The predicted molar refractivity (Wildman–Crippen MR) is 133 cm³/mol. The first-order chi connectivity index (χ1) is 18.2. The van der Waals surface area contributed by atoms with E-state index < -0.39 is 34.6 Å². The molecule has 0 radical (unpaired) electrons. The summed E-state index contributed by atoms with van der Waals surface area (Å²) in [6, 6.07) is 11.4. The molecule has 0 aliphatic carbocycles. The van der Waals surface area contributed by atoms with Gasteiger partial charge in [0.2, 0.25) is 0 Å². The largest absolute Gasteiger partial charge is 0.504 e. The Balaban J connectivity index is 1.48. The summed E-state index contributed by atoms with van der Waals surface area (Å²) in [4.78, 5) is 26.2. The first-order valence-corrected chi connectivity index (χ1v) is 11.9. The third-order valence-electron chi connectivity index (χ3n) is 5.57. The summed E-state index contributed by atoms with van der Waals surface area (Å²) in [6.45, 7) is -0.0740. The predicted octanol–water partition coefficient (Wildman–Crippen LogP) is 7.54. The van der Waals surface area contributed by atoms with Gasteiger partial charge in [0, 0.05) is 0 Å². The van der Waals surface area contributed by atoms with Gasteiger partial charge in [0.25, 0.3) is 11.1 Å². The summed E-state index contributed by atoms with van der Waals surface area (Å²) in [6.07, 6.45) is -6.03. The lowest BCUT2D eigenvalue weighted by Crippen LogP contribution is -2.27. The molecule has 39 heavy (non-hydrogen) atoms. The average molecular weight is 565 g/mol. The summed E-state index contributed by atoms with van der Waals surface area (Å²) >= 11 is 0.704. The minimum Gasteiger partial charge on any atom is -0.504 e. The van der Waals surface area contributed by atoms with Crippen molar-refractivity contribution in [2.24, 2.45) is 0 Å². The molecule has 1 aliphatic heterocycles. The highest BCUT2D eigenvalue weighted by atomic mass is 32.2. The van der Waals surface area contributed by atoms with Gasteiger partial charge in [0.1, 0.15) is 0 Å². The van der Waals surface area contributed by atoms with Gasteiger partial charge >= 0.3 is 12.4 Å². The number of carbonyl (C=O) groups excluding carboxylic acids is 2. The Morgan fingerprint density at radius 1 is 0.718 bits per heavy atom. The molecule has 0 bridgehead atoms. The zero-order valence-electron chi connectivity index (χ0n) is 19.5. The van der Waals surface area contributed by atoms with E-state index in [0.29, 0.717) is 40.6 Å². The molecular formula is C27H17F6NO4S. The molecule has 0 aromatic heterocycles. The van der Waals surface area contributed by atoms with Crippen LogP contribution in [0.3, 0.4) is 0 Å². The zero-order valence-corrected chi connectivity index (χ0v) is 20.4. The fraction of sp³-hybridized carbons (Fsp3) is 0.111. The van der Waals surface area contributed by atoms with Gasteiger partial charge in [-0.2, -0.15) is 26.3 Å². The molecule has 0 saturated carbocycles. The van der Waals surface area contributed by atoms with Crippen LogP contribution in [0.2, 0.25) is 0 Å². The van der Waals surface area contributed by atoms with E-state index in [0.717, 1.165) is 11.0 Å². The molecule has 1 fully saturated rings. The molecule has 2 N–H and O–H groups in total. The van der Waals surface area contributed by atoms with E-state index in [4.69, 9.17) is 0 Å². The minimum absolute atomic E-state index is 0.0561. The van der Waals surface area contributed by atoms with E-state index in [-0.39, 0.29) is 34.6 Å². The number of alkyl halides is 6. The van der Waals surface area contributed by atoms with Crippen LogP contribution in [0.5, 0.6) is 11.5 Å². The molecule has 3 aromatic carbocycles. The third kappa shape index (κ3) is 6.63. The standard InChI is InChI=1S/C27H17F6NO4S/c28-26(29,30)19-9-17(10-20(13-19)27(31,32)33)6-3-15-1-4-16(5-2-15)14-34-24(37)23(39-25(34)38)12-18-7-8-21(35)22(36)11-18/h1-13,35-36H,14H2. The highest BCUT2D eigenvalue weighted by Gasteiger charge is 2.37. The molecule has 0 atom stereocenters. The lowest BCUT2D eigenvalue weighted by Gasteiger charge is -2.13. The molecule has 1 aliphatic rings. The monoisotopic (exact) mass is 565 g/mol. The minimum atomic E-state index is -4.95. The van der Waals surface area contributed by atoms with Crippen LogP contribution in [-0.2, 0) is 23.7 Å². The molecule has 5 nitrogen and oxygen atoms in total. The first-order valence-electron chi connectivity index (χ1n) is 11.0. The van der Waals surface area contributed by atoms with Crippen LogP contribution in [0.1, 0.15) is 33.4 Å². The fourth-order valence-electron chi connectivity index (χ4n) is 3.60. The van der Waals surface area contributed by atoms with Gasteiger partial charge in [-0.1, -0.05) is 42.5 Å². The maximum absolute atomic E-state index is 13.1. The van der Waals surface area contributed by atoms with E-state index in [9.17, 15) is 46.1 Å². The highest BCUT2D eigenvalue weighted by Crippen LogP contribution is 2.37. The Hall–Kier alpha value is -4.19. The van der Waals surface area contributed by atoms with E-state index in [1.54, 1.807) is 12.1 Å². The van der Waals surface area contributed by atoms with Crippen LogP contribution in [0, 0.1) is 0 Å². The van der Waals surface area contributed by atoms with Crippen LogP contribution in [0.4, 0.5) is 31.1 Å². The Morgan fingerprint density at radius 2 is 1.28 bits per heavy atom. The van der Waals surface area contributed by atoms with E-state index in [1.807, 2.05) is 0 Å². The number of carbonyl (C=O) groups is 2. The van der Waals surface area contributed by atoms with Crippen LogP contribution >= 0.6 is 11.8 Å². The number of thioether (sulfide) groups is 1. The number of rotatable bonds is 5. The van der Waals surface area contributed by atoms with E-state index >= 15 is 0 Å². The summed E-state index contributed by atoms with van der Waals surface area (Å²) < 4.78 is 78.4. The summed E-state index contributed by atoms with van der Waals surface area (Å²) in [5.41, 5.74) is -1.70. The van der Waals surface area contributed by atoms with Crippen LogP contribution in [0.15, 0.2) is 65.6 Å². The maximum Gasteiger partial charge on any atom is 0.416 e. The van der Waals surface area contributed by atoms with Crippen LogP contribution < -0.4 is 0 Å². The Kier molecular flexibility index (Phi) is 7.51. The molecule has 12 heteroatoms. The third-order valence-corrected chi connectivity index (χ3v) is 6.48. The van der Waals surface area contributed by atoms with Gasteiger partial charge < -0.3 is 10.2 Å². The van der Waals surface area contributed by atoms with Crippen molar-refractivity contribution in [3.8, 4) is 11.5 Å². The van der Waals surface area contributed by atoms with Gasteiger partial charge in [-0.15, -0.1) is 0 Å². The first kappa shape index (κ1) is 27.8. The smallest absolute Gasteiger partial charge is 0.416 e. The van der Waals surface area contributed by atoms with Crippen molar-refractivity contribution in [2.45, 2.75) is 18.9 Å². The molecule has 3 aromatic rings. The van der Waals surface area contributed by atoms with Gasteiger partial charge in [-0.05, 0) is 70.4 Å². The molecule has 202 valence electrons. The van der Waals surface area contributed by atoms with Crippen molar-refractivity contribution >= 4 is 41.1 Å². The second-order valence-corrected chi connectivity index (χ2v) is 9.42. The normalized spacial score (nSPS) is 15.6. The van der Waals surface area contributed by atoms with Crippen molar-refractivity contribution in [1.82, 2.24) is 4.90 Å². The molecule has 0 spiro atoms. The van der Waals surface area contributed by atoms with E-state index in [2.05, 4.69) is 0 Å². The number of hydrogen-bond donors (Lipinski definition) is 2. The Bertz CT molecular complexity index is 1460. The van der Waals surface area contributed by atoms with Crippen molar-refractivity contribution in [3.63, 3.8) is 0 Å².